The second-order valence-electron chi connectivity index (χ2n) is 4.82. The number of hydrogen-bond donors (Lipinski definition) is 2. The summed E-state index contributed by atoms with van der Waals surface area (Å²) in [7, 11) is 0. The van der Waals surface area contributed by atoms with Crippen molar-refractivity contribution in [3.05, 3.63) is 47.5 Å². The lowest BCUT2D eigenvalue weighted by Gasteiger charge is -2.10. The van der Waals surface area contributed by atoms with Crippen molar-refractivity contribution in [3.8, 4) is 0 Å². The highest BCUT2D eigenvalue weighted by molar-refractivity contribution is 5.48. The monoisotopic (exact) mass is 288 g/mol. The van der Waals surface area contributed by atoms with E-state index >= 15 is 0 Å². The minimum Gasteiger partial charge on any atom is -0.370 e. The van der Waals surface area contributed by atoms with Gasteiger partial charge in [0.15, 0.2) is 0 Å². The van der Waals surface area contributed by atoms with Crippen molar-refractivity contribution in [3.63, 3.8) is 0 Å². The predicted octanol–water partition coefficient (Wildman–Crippen LogP) is 3.61. The molecular formula is C16H21FN4. The normalized spacial score (nSPS) is 10.4. The lowest BCUT2D eigenvalue weighted by molar-refractivity contribution is 0.626. The van der Waals surface area contributed by atoms with Crippen LogP contribution in [0, 0.1) is 5.82 Å². The van der Waals surface area contributed by atoms with Crippen LogP contribution in [0.25, 0.3) is 0 Å². The molecule has 1 aromatic carbocycles. The van der Waals surface area contributed by atoms with E-state index in [-0.39, 0.29) is 5.82 Å². The smallest absolute Gasteiger partial charge is 0.132 e. The Balaban J connectivity index is 2.07. The van der Waals surface area contributed by atoms with Crippen molar-refractivity contribution < 1.29 is 4.39 Å². The average molecular weight is 288 g/mol. The number of hydrogen-bond acceptors (Lipinski definition) is 4. The minimum atomic E-state index is -0.225. The molecule has 112 valence electrons. The molecule has 0 aliphatic rings. The van der Waals surface area contributed by atoms with Crippen molar-refractivity contribution in [1.82, 2.24) is 9.97 Å². The number of rotatable bonds is 7. The van der Waals surface area contributed by atoms with E-state index in [1.165, 1.54) is 12.1 Å². The molecule has 2 N–H and O–H groups in total. The highest BCUT2D eigenvalue weighted by atomic mass is 19.1. The SMILES string of the molecule is CCCNc1cc(NCc2cccc(F)c2)nc(CC)n1. The van der Waals surface area contributed by atoms with Gasteiger partial charge in [-0.25, -0.2) is 14.4 Å². The number of nitrogens with one attached hydrogen (secondary N) is 2. The minimum absolute atomic E-state index is 0.225. The van der Waals surface area contributed by atoms with E-state index in [9.17, 15) is 4.39 Å². The van der Waals surface area contributed by atoms with Gasteiger partial charge in [0.05, 0.1) is 0 Å². The lowest BCUT2D eigenvalue weighted by atomic mass is 10.2. The van der Waals surface area contributed by atoms with Crippen molar-refractivity contribution >= 4 is 11.6 Å². The topological polar surface area (TPSA) is 49.8 Å². The summed E-state index contributed by atoms with van der Waals surface area (Å²) < 4.78 is 13.2. The second-order valence-corrected chi connectivity index (χ2v) is 4.82. The van der Waals surface area contributed by atoms with Crippen LogP contribution in [-0.2, 0) is 13.0 Å². The molecule has 0 fully saturated rings. The molecule has 2 rings (SSSR count). The molecule has 2 aromatic rings. The van der Waals surface area contributed by atoms with Gasteiger partial charge < -0.3 is 10.6 Å². The van der Waals surface area contributed by atoms with Gasteiger partial charge in [0.2, 0.25) is 0 Å². The maximum Gasteiger partial charge on any atom is 0.132 e. The molecule has 4 nitrogen and oxygen atoms in total. The van der Waals surface area contributed by atoms with E-state index in [4.69, 9.17) is 0 Å². The summed E-state index contributed by atoms with van der Waals surface area (Å²) in [5, 5.41) is 6.49. The summed E-state index contributed by atoms with van der Waals surface area (Å²) in [6.07, 6.45) is 1.81. The fourth-order valence-electron chi connectivity index (χ4n) is 1.93. The molecule has 0 unspecified atom stereocenters. The maximum absolute atomic E-state index is 13.2. The van der Waals surface area contributed by atoms with Gasteiger partial charge in [-0.05, 0) is 24.1 Å². The average Bonchev–Trinajstić information content (AvgIpc) is 2.51. The van der Waals surface area contributed by atoms with Gasteiger partial charge in [0.25, 0.3) is 0 Å². The molecule has 0 saturated carbocycles. The fraction of sp³-hybridized carbons (Fsp3) is 0.375. The van der Waals surface area contributed by atoms with E-state index in [1.54, 1.807) is 6.07 Å². The first-order valence-corrected chi connectivity index (χ1v) is 7.31. The Labute approximate surface area is 124 Å². The molecule has 0 aliphatic carbocycles. The number of benzene rings is 1. The zero-order valence-electron chi connectivity index (χ0n) is 12.5. The van der Waals surface area contributed by atoms with Gasteiger partial charge in [0, 0.05) is 25.6 Å². The summed E-state index contributed by atoms with van der Waals surface area (Å²) in [5.41, 5.74) is 0.884. The quantitative estimate of drug-likeness (QED) is 0.817. The molecule has 0 atom stereocenters. The number of aryl methyl sites for hydroxylation is 1. The van der Waals surface area contributed by atoms with Gasteiger partial charge in [-0.3, -0.25) is 0 Å². The zero-order chi connectivity index (χ0) is 15.1. The summed E-state index contributed by atoms with van der Waals surface area (Å²) in [5.74, 6) is 2.14. The first-order valence-electron chi connectivity index (χ1n) is 7.31. The third-order valence-corrected chi connectivity index (χ3v) is 3.01. The van der Waals surface area contributed by atoms with Gasteiger partial charge in [0.1, 0.15) is 23.3 Å². The van der Waals surface area contributed by atoms with Crippen LogP contribution in [0.1, 0.15) is 31.7 Å². The summed E-state index contributed by atoms with van der Waals surface area (Å²) in [6, 6.07) is 8.43. The molecular weight excluding hydrogens is 267 g/mol. The Morgan fingerprint density at radius 2 is 1.81 bits per heavy atom. The molecule has 0 radical (unpaired) electrons. The molecule has 0 bridgehead atoms. The Morgan fingerprint density at radius 1 is 1.05 bits per heavy atom. The van der Waals surface area contributed by atoms with Crippen molar-refractivity contribution in [2.75, 3.05) is 17.2 Å². The lowest BCUT2D eigenvalue weighted by Crippen LogP contribution is -2.08. The highest BCUT2D eigenvalue weighted by Gasteiger charge is 2.03. The number of nitrogens with zero attached hydrogens (tertiary/aromatic N) is 2. The summed E-state index contributed by atoms with van der Waals surface area (Å²) in [6.45, 7) is 5.54. The number of aromatic nitrogens is 2. The first kappa shape index (κ1) is 15.2. The second kappa shape index (κ2) is 7.57. The molecule has 0 saturated heterocycles. The molecule has 0 amide bonds. The molecule has 21 heavy (non-hydrogen) atoms. The molecule has 1 aromatic heterocycles. The van der Waals surface area contributed by atoms with Crippen LogP contribution in [0.4, 0.5) is 16.0 Å². The Kier molecular flexibility index (Phi) is 5.49. The van der Waals surface area contributed by atoms with Crippen LogP contribution >= 0.6 is 0 Å². The standard InChI is InChI=1S/C16H21FN4/c1-3-8-18-15-10-16(21-14(4-2)20-15)19-11-12-6-5-7-13(17)9-12/h5-7,9-10H,3-4,8,11H2,1-2H3,(H2,18,19,20,21). The van der Waals surface area contributed by atoms with E-state index in [1.807, 2.05) is 19.1 Å². The maximum atomic E-state index is 13.2. The van der Waals surface area contributed by atoms with Crippen LogP contribution < -0.4 is 10.6 Å². The Hall–Kier alpha value is -2.17. The van der Waals surface area contributed by atoms with E-state index < -0.39 is 0 Å². The van der Waals surface area contributed by atoms with Crippen LogP contribution in [0.3, 0.4) is 0 Å². The fourth-order valence-corrected chi connectivity index (χ4v) is 1.93. The van der Waals surface area contributed by atoms with Crippen molar-refractivity contribution in [2.24, 2.45) is 0 Å². The third-order valence-electron chi connectivity index (χ3n) is 3.01. The molecule has 5 heteroatoms. The largest absolute Gasteiger partial charge is 0.370 e. The van der Waals surface area contributed by atoms with E-state index in [0.717, 1.165) is 42.4 Å². The Bertz CT molecular complexity index is 586. The third kappa shape index (κ3) is 4.70. The summed E-state index contributed by atoms with van der Waals surface area (Å²) >= 11 is 0. The molecule has 0 aliphatic heterocycles. The number of anilines is 2. The van der Waals surface area contributed by atoms with E-state index in [0.29, 0.717) is 6.54 Å². The first-order chi connectivity index (χ1) is 10.2. The van der Waals surface area contributed by atoms with Crippen LogP contribution in [0.2, 0.25) is 0 Å². The highest BCUT2D eigenvalue weighted by Crippen LogP contribution is 2.13. The van der Waals surface area contributed by atoms with Crippen molar-refractivity contribution in [1.29, 1.82) is 0 Å². The molecule has 0 spiro atoms. The molecule has 1 heterocycles. The van der Waals surface area contributed by atoms with Gasteiger partial charge in [-0.1, -0.05) is 26.0 Å². The summed E-state index contributed by atoms with van der Waals surface area (Å²) in [4.78, 5) is 8.88. The van der Waals surface area contributed by atoms with Crippen LogP contribution in [0.15, 0.2) is 30.3 Å². The predicted molar refractivity (Wildman–Crippen MR) is 83.9 cm³/mol. The van der Waals surface area contributed by atoms with Crippen LogP contribution in [-0.4, -0.2) is 16.5 Å². The Morgan fingerprint density at radius 3 is 2.48 bits per heavy atom. The van der Waals surface area contributed by atoms with Gasteiger partial charge in [-0.15, -0.1) is 0 Å². The zero-order valence-corrected chi connectivity index (χ0v) is 12.5. The van der Waals surface area contributed by atoms with Crippen molar-refractivity contribution in [2.45, 2.75) is 33.2 Å². The van der Waals surface area contributed by atoms with Crippen LogP contribution in [0.5, 0.6) is 0 Å². The van der Waals surface area contributed by atoms with Gasteiger partial charge in [-0.2, -0.15) is 0 Å². The van der Waals surface area contributed by atoms with Gasteiger partial charge >= 0.3 is 0 Å². The number of halogens is 1. The van der Waals surface area contributed by atoms with E-state index in [2.05, 4.69) is 27.5 Å².